The second-order valence-electron chi connectivity index (χ2n) is 13.5. The van der Waals surface area contributed by atoms with Crippen LogP contribution in [-0.2, 0) is 5.54 Å². The number of aromatic hydroxyl groups is 1. The SMILES string of the molecule is CN1CCC(C(NC(=O)O)(c2ccccc2)c2cccc(OCCCCCCCCCNC[C@H](O)c3ccc(O)c4[nH]c(=O)ccc34)c2)CC1. The van der Waals surface area contributed by atoms with Crippen molar-refractivity contribution in [2.45, 2.75) is 69.4 Å². The summed E-state index contributed by atoms with van der Waals surface area (Å²) >= 11 is 0. The number of ether oxygens (including phenoxy) is 1. The molecule has 1 unspecified atom stereocenters. The van der Waals surface area contributed by atoms with Crippen LogP contribution in [0.25, 0.3) is 10.9 Å². The number of nitrogens with zero attached hydrogens (tertiary/aromatic N) is 1. The normalized spacial score (nSPS) is 15.8. The molecule has 10 heteroatoms. The van der Waals surface area contributed by atoms with Gasteiger partial charge in [-0.25, -0.2) is 4.79 Å². The van der Waals surface area contributed by atoms with Gasteiger partial charge in [-0.3, -0.25) is 4.79 Å². The predicted octanol–water partition coefficient (Wildman–Crippen LogP) is 6.52. The van der Waals surface area contributed by atoms with E-state index in [4.69, 9.17) is 4.74 Å². The number of likely N-dealkylation sites (tertiary alicyclic amines) is 1. The molecule has 2 atom stereocenters. The molecular formula is C40H52N4O6. The highest BCUT2D eigenvalue weighted by Crippen LogP contribution is 2.43. The van der Waals surface area contributed by atoms with E-state index in [1.807, 2.05) is 54.6 Å². The molecule has 10 nitrogen and oxygen atoms in total. The number of pyridine rings is 1. The summed E-state index contributed by atoms with van der Waals surface area (Å²) in [6.45, 7) is 3.65. The zero-order valence-electron chi connectivity index (χ0n) is 29.1. The fraction of sp³-hybridized carbons (Fsp3) is 0.450. The van der Waals surface area contributed by atoms with E-state index in [1.54, 1.807) is 12.1 Å². The van der Waals surface area contributed by atoms with E-state index in [1.165, 1.54) is 12.1 Å². The third-order valence-electron chi connectivity index (χ3n) is 10.0. The van der Waals surface area contributed by atoms with Crippen LogP contribution in [0.4, 0.5) is 4.79 Å². The lowest BCUT2D eigenvalue weighted by atomic mass is 9.69. The topological polar surface area (TPSA) is 147 Å². The van der Waals surface area contributed by atoms with Gasteiger partial charge in [0.15, 0.2) is 0 Å². The molecule has 1 aliphatic heterocycles. The second-order valence-corrected chi connectivity index (χ2v) is 13.5. The summed E-state index contributed by atoms with van der Waals surface area (Å²) < 4.78 is 6.20. The van der Waals surface area contributed by atoms with Crippen molar-refractivity contribution in [3.63, 3.8) is 0 Å². The maximum atomic E-state index is 12.3. The van der Waals surface area contributed by atoms with Crippen LogP contribution in [0, 0.1) is 5.92 Å². The van der Waals surface area contributed by atoms with Crippen LogP contribution in [-0.4, -0.2) is 71.1 Å². The molecule has 6 N–H and O–H groups in total. The van der Waals surface area contributed by atoms with Crippen molar-refractivity contribution in [3.05, 3.63) is 106 Å². The molecule has 1 fully saturated rings. The highest BCUT2D eigenvalue weighted by molar-refractivity contribution is 5.87. The first-order valence-corrected chi connectivity index (χ1v) is 18.0. The lowest BCUT2D eigenvalue weighted by molar-refractivity contribution is 0.129. The minimum atomic E-state index is -1.03. The van der Waals surface area contributed by atoms with E-state index in [0.717, 1.165) is 94.3 Å². The monoisotopic (exact) mass is 684 g/mol. The number of phenols is 1. The number of carboxylic acid groups (broad SMARTS) is 1. The molecule has 0 saturated carbocycles. The number of piperidine rings is 1. The molecule has 1 saturated heterocycles. The van der Waals surface area contributed by atoms with Crippen LogP contribution in [0.3, 0.4) is 0 Å². The zero-order chi connectivity index (χ0) is 35.3. The van der Waals surface area contributed by atoms with Crippen molar-refractivity contribution in [1.82, 2.24) is 20.5 Å². The standard InChI is InChI=1S/C40H52N4O6/c1-44-24-21-30(22-25-44)40(43-39(48)49,29-13-8-7-9-14-29)31-15-12-16-32(27-31)50-26-11-6-4-2-3-5-10-23-41-28-36(46)33-17-19-35(45)38-34(33)18-20-37(47)42-38/h7-9,12-20,27,30,36,41,43,45-46H,2-6,10-11,21-26,28H2,1H3,(H,42,47)(H,48,49)/t36-,40?/m0/s1. The number of carbonyl (C=O) groups is 1. The Morgan fingerprint density at radius 1 is 0.920 bits per heavy atom. The Morgan fingerprint density at radius 2 is 1.62 bits per heavy atom. The van der Waals surface area contributed by atoms with E-state index in [2.05, 4.69) is 27.6 Å². The van der Waals surface area contributed by atoms with Gasteiger partial charge in [-0.05, 0) is 99.2 Å². The Bertz CT molecular complexity index is 1720. The van der Waals surface area contributed by atoms with E-state index >= 15 is 0 Å². The number of aromatic nitrogens is 1. The van der Waals surface area contributed by atoms with E-state index in [9.17, 15) is 24.9 Å². The molecule has 0 radical (unpaired) electrons. The summed E-state index contributed by atoms with van der Waals surface area (Å²) in [6.07, 6.45) is 7.62. The van der Waals surface area contributed by atoms with Crippen LogP contribution in [0.2, 0.25) is 0 Å². The molecular weight excluding hydrogens is 632 g/mol. The molecule has 0 spiro atoms. The molecule has 0 bridgehead atoms. The van der Waals surface area contributed by atoms with Gasteiger partial charge in [-0.2, -0.15) is 0 Å². The molecule has 1 amide bonds. The molecule has 268 valence electrons. The summed E-state index contributed by atoms with van der Waals surface area (Å²) in [5.74, 6) is 0.851. The molecule has 4 aromatic rings. The Hall–Kier alpha value is -4.38. The average molecular weight is 685 g/mol. The maximum Gasteiger partial charge on any atom is 0.405 e. The van der Waals surface area contributed by atoms with Gasteiger partial charge in [0.05, 0.1) is 23.8 Å². The van der Waals surface area contributed by atoms with Gasteiger partial charge in [0, 0.05) is 18.0 Å². The molecule has 50 heavy (non-hydrogen) atoms. The van der Waals surface area contributed by atoms with Gasteiger partial charge in [0.2, 0.25) is 5.56 Å². The second kappa shape index (κ2) is 18.0. The van der Waals surface area contributed by atoms with Crippen LogP contribution < -0.4 is 20.9 Å². The van der Waals surface area contributed by atoms with Gasteiger partial charge >= 0.3 is 6.09 Å². The number of aliphatic hydroxyl groups excluding tert-OH is 1. The minimum absolute atomic E-state index is 0.0139. The highest BCUT2D eigenvalue weighted by Gasteiger charge is 2.44. The van der Waals surface area contributed by atoms with Gasteiger partial charge in [-0.15, -0.1) is 0 Å². The number of fused-ring (bicyclic) bond motifs is 1. The predicted molar refractivity (Wildman–Crippen MR) is 197 cm³/mol. The van der Waals surface area contributed by atoms with Gasteiger partial charge in [-0.1, -0.05) is 80.6 Å². The van der Waals surface area contributed by atoms with Crippen molar-refractivity contribution in [2.75, 3.05) is 39.8 Å². The average Bonchev–Trinajstić information content (AvgIpc) is 3.12. The fourth-order valence-corrected chi connectivity index (χ4v) is 7.35. The van der Waals surface area contributed by atoms with Gasteiger partial charge in [0.1, 0.15) is 11.5 Å². The third kappa shape index (κ3) is 9.44. The number of amides is 1. The number of nitrogens with one attached hydrogen (secondary N) is 3. The van der Waals surface area contributed by atoms with Crippen molar-refractivity contribution < 1.29 is 24.9 Å². The lowest BCUT2D eigenvalue weighted by Gasteiger charge is -2.45. The Balaban J connectivity index is 1.02. The van der Waals surface area contributed by atoms with Crippen molar-refractivity contribution >= 4 is 17.0 Å². The number of hydrogen-bond acceptors (Lipinski definition) is 7. The number of aliphatic hydroxyl groups is 1. The third-order valence-corrected chi connectivity index (χ3v) is 10.0. The van der Waals surface area contributed by atoms with E-state index < -0.39 is 17.7 Å². The van der Waals surface area contributed by atoms with Crippen molar-refractivity contribution in [3.8, 4) is 11.5 Å². The van der Waals surface area contributed by atoms with Crippen LogP contribution in [0.1, 0.15) is 80.6 Å². The minimum Gasteiger partial charge on any atom is -0.506 e. The number of H-pyrrole nitrogens is 1. The summed E-state index contributed by atoms with van der Waals surface area (Å²) in [5.41, 5.74) is 1.70. The summed E-state index contributed by atoms with van der Waals surface area (Å²) in [5, 5.41) is 37.8. The first kappa shape index (κ1) is 36.9. The Morgan fingerprint density at radius 3 is 2.36 bits per heavy atom. The number of phenolic OH excluding ortho intramolecular Hbond substituents is 1. The number of aromatic amines is 1. The smallest absolute Gasteiger partial charge is 0.405 e. The number of unbranched alkanes of at least 4 members (excludes halogenated alkanes) is 6. The molecule has 0 aliphatic carbocycles. The van der Waals surface area contributed by atoms with Crippen LogP contribution in [0.5, 0.6) is 11.5 Å². The first-order valence-electron chi connectivity index (χ1n) is 18.0. The molecule has 1 aliphatic rings. The summed E-state index contributed by atoms with van der Waals surface area (Å²) in [6, 6.07) is 24.1. The zero-order valence-corrected chi connectivity index (χ0v) is 29.1. The molecule has 3 aromatic carbocycles. The quantitative estimate of drug-likeness (QED) is 0.0650. The number of benzene rings is 3. The van der Waals surface area contributed by atoms with Crippen molar-refractivity contribution in [1.29, 1.82) is 0 Å². The number of rotatable bonds is 18. The van der Waals surface area contributed by atoms with E-state index in [0.29, 0.717) is 29.6 Å². The molecule has 5 rings (SSSR count). The van der Waals surface area contributed by atoms with Gasteiger partial charge < -0.3 is 40.6 Å². The van der Waals surface area contributed by atoms with E-state index in [-0.39, 0.29) is 17.2 Å². The molecule has 2 heterocycles. The van der Waals surface area contributed by atoms with Crippen LogP contribution >= 0.6 is 0 Å². The maximum absolute atomic E-state index is 12.3. The lowest BCUT2D eigenvalue weighted by Crippen LogP contribution is -2.54. The Kier molecular flexibility index (Phi) is 13.3. The summed E-state index contributed by atoms with van der Waals surface area (Å²) in [4.78, 5) is 28.9. The fourth-order valence-electron chi connectivity index (χ4n) is 7.35. The molecule has 1 aromatic heterocycles. The Labute approximate surface area is 294 Å². The largest absolute Gasteiger partial charge is 0.506 e. The summed E-state index contributed by atoms with van der Waals surface area (Å²) in [7, 11) is 2.11. The first-order chi connectivity index (χ1) is 24.3. The number of hydrogen-bond donors (Lipinski definition) is 6. The van der Waals surface area contributed by atoms with Crippen LogP contribution in [0.15, 0.2) is 83.7 Å². The van der Waals surface area contributed by atoms with Crippen molar-refractivity contribution in [2.24, 2.45) is 5.92 Å². The highest BCUT2D eigenvalue weighted by atomic mass is 16.5. The van der Waals surface area contributed by atoms with Gasteiger partial charge in [0.25, 0.3) is 0 Å².